The molecule has 0 radical (unpaired) electrons. The molecular formula is C20H17ClN2O4. The highest BCUT2D eigenvalue weighted by Crippen LogP contribution is 2.35. The van der Waals surface area contributed by atoms with Crippen molar-refractivity contribution in [1.82, 2.24) is 4.98 Å². The molecule has 3 aromatic rings. The number of aromatic nitrogens is 1. The maximum Gasteiger partial charge on any atom is 0.311 e. The summed E-state index contributed by atoms with van der Waals surface area (Å²) in [6.45, 7) is 2.23. The summed E-state index contributed by atoms with van der Waals surface area (Å²) in [7, 11) is 1.32. The Bertz CT molecular complexity index is 1060. The Hall–Kier alpha value is -2.86. The maximum atomic E-state index is 12.4. The Morgan fingerprint density at radius 1 is 1.30 bits per heavy atom. The molecule has 1 aliphatic rings. The van der Waals surface area contributed by atoms with Crippen molar-refractivity contribution in [2.24, 2.45) is 5.92 Å². The SMILES string of the molecule is COC(=O)[C@H]1CC(=O)N(c2cc(-c3nc4cc(C)ccc4o3)ccc2Cl)C1. The number of hydrogen-bond donors (Lipinski definition) is 0. The molecule has 1 atom stereocenters. The summed E-state index contributed by atoms with van der Waals surface area (Å²) in [4.78, 5) is 30.2. The van der Waals surface area contributed by atoms with Gasteiger partial charge in [0, 0.05) is 18.5 Å². The largest absolute Gasteiger partial charge is 0.469 e. The Kier molecular flexibility index (Phi) is 4.36. The van der Waals surface area contributed by atoms with Crippen LogP contribution in [0.25, 0.3) is 22.6 Å². The number of esters is 1. The third-order valence-electron chi connectivity index (χ3n) is 4.69. The van der Waals surface area contributed by atoms with E-state index < -0.39 is 11.9 Å². The summed E-state index contributed by atoms with van der Waals surface area (Å²) in [5, 5.41) is 0.421. The lowest BCUT2D eigenvalue weighted by Crippen LogP contribution is -2.26. The number of nitrogens with zero attached hydrogens (tertiary/aromatic N) is 2. The second-order valence-electron chi connectivity index (χ2n) is 6.58. The summed E-state index contributed by atoms with van der Waals surface area (Å²) in [6, 6.07) is 11.0. The monoisotopic (exact) mass is 384 g/mol. The average Bonchev–Trinajstić information content (AvgIpc) is 3.24. The molecule has 1 aliphatic heterocycles. The van der Waals surface area contributed by atoms with Crippen molar-refractivity contribution >= 4 is 40.3 Å². The van der Waals surface area contributed by atoms with Crippen molar-refractivity contribution in [3.05, 3.63) is 47.0 Å². The van der Waals surface area contributed by atoms with Crippen LogP contribution in [0.2, 0.25) is 5.02 Å². The van der Waals surface area contributed by atoms with E-state index in [9.17, 15) is 9.59 Å². The van der Waals surface area contributed by atoms with Gasteiger partial charge in [0.15, 0.2) is 5.58 Å². The van der Waals surface area contributed by atoms with Crippen LogP contribution in [0, 0.1) is 12.8 Å². The first-order valence-electron chi connectivity index (χ1n) is 8.51. The van der Waals surface area contributed by atoms with Gasteiger partial charge >= 0.3 is 5.97 Å². The summed E-state index contributed by atoms with van der Waals surface area (Å²) in [6.07, 6.45) is 0.107. The number of hydrogen-bond acceptors (Lipinski definition) is 5. The smallest absolute Gasteiger partial charge is 0.311 e. The Labute approximate surface area is 160 Å². The molecule has 138 valence electrons. The van der Waals surface area contributed by atoms with E-state index in [0.29, 0.717) is 27.7 Å². The van der Waals surface area contributed by atoms with Crippen LogP contribution in [0.15, 0.2) is 40.8 Å². The maximum absolute atomic E-state index is 12.4. The summed E-state index contributed by atoms with van der Waals surface area (Å²) in [5.74, 6) is -0.607. The van der Waals surface area contributed by atoms with E-state index in [1.165, 1.54) is 12.0 Å². The number of ether oxygens (including phenoxy) is 1. The molecule has 27 heavy (non-hydrogen) atoms. The molecule has 6 nitrogen and oxygen atoms in total. The lowest BCUT2D eigenvalue weighted by Gasteiger charge is -2.18. The van der Waals surface area contributed by atoms with Crippen molar-refractivity contribution in [2.75, 3.05) is 18.6 Å². The number of halogens is 1. The number of methoxy groups -OCH3 is 1. The van der Waals surface area contributed by atoms with Crippen molar-refractivity contribution in [3.8, 4) is 11.5 Å². The Morgan fingerprint density at radius 2 is 2.11 bits per heavy atom. The highest BCUT2D eigenvalue weighted by atomic mass is 35.5. The fraction of sp³-hybridized carbons (Fsp3) is 0.250. The molecule has 0 aliphatic carbocycles. The molecule has 0 spiro atoms. The van der Waals surface area contributed by atoms with E-state index in [1.807, 2.05) is 25.1 Å². The topological polar surface area (TPSA) is 72.6 Å². The minimum Gasteiger partial charge on any atom is -0.469 e. The lowest BCUT2D eigenvalue weighted by molar-refractivity contribution is -0.145. The molecule has 2 aromatic carbocycles. The number of carbonyl (C=O) groups excluding carboxylic acids is 2. The highest BCUT2D eigenvalue weighted by Gasteiger charge is 2.36. The number of carbonyl (C=O) groups is 2. The van der Waals surface area contributed by atoms with Gasteiger partial charge in [0.2, 0.25) is 11.8 Å². The van der Waals surface area contributed by atoms with Gasteiger partial charge in [0.25, 0.3) is 0 Å². The minimum atomic E-state index is -0.491. The van der Waals surface area contributed by atoms with Crippen molar-refractivity contribution in [3.63, 3.8) is 0 Å². The van der Waals surface area contributed by atoms with Crippen LogP contribution in [-0.4, -0.2) is 30.5 Å². The van der Waals surface area contributed by atoms with Crippen LogP contribution in [-0.2, 0) is 14.3 Å². The quantitative estimate of drug-likeness (QED) is 0.638. The van der Waals surface area contributed by atoms with Gasteiger partial charge in [-0.1, -0.05) is 17.7 Å². The minimum absolute atomic E-state index is 0.107. The van der Waals surface area contributed by atoms with Gasteiger partial charge in [0.05, 0.1) is 23.7 Å². The third kappa shape index (κ3) is 3.17. The molecule has 1 fully saturated rings. The number of fused-ring (bicyclic) bond motifs is 1. The first-order valence-corrected chi connectivity index (χ1v) is 8.89. The van der Waals surface area contributed by atoms with E-state index in [2.05, 4.69) is 4.98 Å². The predicted octanol–water partition coefficient (Wildman–Crippen LogP) is 3.98. The molecule has 0 unspecified atom stereocenters. The number of benzene rings is 2. The van der Waals surface area contributed by atoms with Crippen LogP contribution in [0.4, 0.5) is 5.69 Å². The van der Waals surface area contributed by atoms with Gasteiger partial charge in [-0.25, -0.2) is 4.98 Å². The van der Waals surface area contributed by atoms with Gasteiger partial charge in [0.1, 0.15) is 5.52 Å². The first kappa shape index (κ1) is 17.5. The van der Waals surface area contributed by atoms with Crippen molar-refractivity contribution < 1.29 is 18.7 Å². The lowest BCUT2D eigenvalue weighted by atomic mass is 10.1. The van der Waals surface area contributed by atoms with E-state index in [4.69, 9.17) is 20.8 Å². The predicted molar refractivity (Wildman–Crippen MR) is 102 cm³/mol. The van der Waals surface area contributed by atoms with Gasteiger partial charge in [-0.3, -0.25) is 9.59 Å². The average molecular weight is 385 g/mol. The fourth-order valence-electron chi connectivity index (χ4n) is 3.28. The van der Waals surface area contributed by atoms with Crippen LogP contribution < -0.4 is 4.90 Å². The second kappa shape index (κ2) is 6.70. The first-order chi connectivity index (χ1) is 13.0. The number of anilines is 1. The molecule has 0 N–H and O–H groups in total. The van der Waals surface area contributed by atoms with E-state index in [1.54, 1.807) is 18.2 Å². The molecular weight excluding hydrogens is 368 g/mol. The second-order valence-corrected chi connectivity index (χ2v) is 6.99. The number of aryl methyl sites for hydroxylation is 1. The zero-order valence-corrected chi connectivity index (χ0v) is 15.6. The van der Waals surface area contributed by atoms with Crippen LogP contribution in [0.5, 0.6) is 0 Å². The molecule has 1 aromatic heterocycles. The van der Waals surface area contributed by atoms with Crippen molar-refractivity contribution in [2.45, 2.75) is 13.3 Å². The molecule has 0 bridgehead atoms. The number of oxazole rings is 1. The highest BCUT2D eigenvalue weighted by molar-refractivity contribution is 6.34. The van der Waals surface area contributed by atoms with Crippen LogP contribution in [0.1, 0.15) is 12.0 Å². The molecule has 0 saturated carbocycles. The Balaban J connectivity index is 1.71. The van der Waals surface area contributed by atoms with E-state index >= 15 is 0 Å². The van der Waals surface area contributed by atoms with Crippen molar-refractivity contribution in [1.29, 1.82) is 0 Å². The molecule has 1 amide bonds. The van der Waals surface area contributed by atoms with E-state index in [-0.39, 0.29) is 18.9 Å². The zero-order valence-electron chi connectivity index (χ0n) is 14.9. The summed E-state index contributed by atoms with van der Waals surface area (Å²) >= 11 is 6.33. The zero-order chi connectivity index (χ0) is 19.1. The molecule has 2 heterocycles. The summed E-state index contributed by atoms with van der Waals surface area (Å²) < 4.78 is 10.6. The van der Waals surface area contributed by atoms with Gasteiger partial charge in [-0.05, 0) is 42.8 Å². The van der Waals surface area contributed by atoms with E-state index in [0.717, 1.165) is 11.1 Å². The molecule has 4 rings (SSSR count). The van der Waals surface area contributed by atoms with Crippen LogP contribution in [0.3, 0.4) is 0 Å². The van der Waals surface area contributed by atoms with Gasteiger partial charge in [-0.2, -0.15) is 0 Å². The molecule has 7 heteroatoms. The fourth-order valence-corrected chi connectivity index (χ4v) is 3.50. The standard InChI is InChI=1S/C20H17ClN2O4/c1-11-3-6-17-15(7-11)22-19(27-17)12-4-5-14(21)16(8-12)23-10-13(9-18(23)24)20(25)26-2/h3-8,13H,9-10H2,1-2H3/t13-/m0/s1. The van der Waals surface area contributed by atoms with Gasteiger partial charge < -0.3 is 14.1 Å². The van der Waals surface area contributed by atoms with Gasteiger partial charge in [-0.15, -0.1) is 0 Å². The number of amides is 1. The summed E-state index contributed by atoms with van der Waals surface area (Å²) in [5.41, 5.74) is 3.79. The third-order valence-corrected chi connectivity index (χ3v) is 5.01. The van der Waals surface area contributed by atoms with Crippen LogP contribution >= 0.6 is 11.6 Å². The Morgan fingerprint density at radius 3 is 2.89 bits per heavy atom. The molecule has 1 saturated heterocycles. The normalized spacial score (nSPS) is 16.9. The number of rotatable bonds is 3.